The lowest BCUT2D eigenvalue weighted by Crippen LogP contribution is -2.38. The molecule has 6 heteroatoms. The molecule has 1 unspecified atom stereocenters. The van der Waals surface area contributed by atoms with Crippen LogP contribution in [0, 0.1) is 5.92 Å². The van der Waals surface area contributed by atoms with Gasteiger partial charge in [-0.2, -0.15) is 0 Å². The Bertz CT molecular complexity index is 589. The van der Waals surface area contributed by atoms with Gasteiger partial charge in [-0.05, 0) is 49.9 Å². The van der Waals surface area contributed by atoms with Crippen molar-refractivity contribution in [3.8, 4) is 0 Å². The van der Waals surface area contributed by atoms with E-state index >= 15 is 0 Å². The monoisotopic (exact) mass is 311 g/mol. The predicted octanol–water partition coefficient (Wildman–Crippen LogP) is 2.63. The van der Waals surface area contributed by atoms with E-state index in [2.05, 4.69) is 4.72 Å². The summed E-state index contributed by atoms with van der Waals surface area (Å²) >= 11 is 0. The molecule has 0 heterocycles. The highest BCUT2D eigenvalue weighted by molar-refractivity contribution is 7.89. The van der Waals surface area contributed by atoms with E-state index in [0.717, 1.165) is 25.7 Å². The van der Waals surface area contributed by atoms with Crippen molar-refractivity contribution < 1.29 is 18.3 Å². The van der Waals surface area contributed by atoms with E-state index in [-0.39, 0.29) is 16.5 Å². The van der Waals surface area contributed by atoms with Crippen LogP contribution in [0.25, 0.3) is 0 Å². The molecule has 1 fully saturated rings. The SMILES string of the molecule is CC(NS(=O)(=O)c1ccc(C(=O)O)cc1)C1CCCCC1. The van der Waals surface area contributed by atoms with Crippen molar-refractivity contribution in [3.63, 3.8) is 0 Å². The molecule has 0 aliphatic heterocycles. The van der Waals surface area contributed by atoms with E-state index < -0.39 is 16.0 Å². The molecule has 1 aliphatic carbocycles. The van der Waals surface area contributed by atoms with Crippen LogP contribution in [-0.2, 0) is 10.0 Å². The van der Waals surface area contributed by atoms with Crippen molar-refractivity contribution in [1.29, 1.82) is 0 Å². The third-order valence-electron chi connectivity index (χ3n) is 4.11. The minimum atomic E-state index is -3.59. The molecular formula is C15H21NO4S. The Morgan fingerprint density at radius 2 is 1.76 bits per heavy atom. The van der Waals surface area contributed by atoms with E-state index in [4.69, 9.17) is 5.11 Å². The highest BCUT2D eigenvalue weighted by atomic mass is 32.2. The van der Waals surface area contributed by atoms with E-state index in [0.29, 0.717) is 5.92 Å². The highest BCUT2D eigenvalue weighted by Gasteiger charge is 2.25. The van der Waals surface area contributed by atoms with Gasteiger partial charge in [0.15, 0.2) is 0 Å². The van der Waals surface area contributed by atoms with Gasteiger partial charge in [-0.3, -0.25) is 0 Å². The van der Waals surface area contributed by atoms with Crippen molar-refractivity contribution in [3.05, 3.63) is 29.8 Å². The van der Waals surface area contributed by atoms with Crippen LogP contribution in [0.5, 0.6) is 0 Å². The van der Waals surface area contributed by atoms with Gasteiger partial charge in [-0.1, -0.05) is 19.3 Å². The number of carboxylic acid groups (broad SMARTS) is 1. The molecular weight excluding hydrogens is 290 g/mol. The molecule has 2 N–H and O–H groups in total. The number of hydrogen-bond acceptors (Lipinski definition) is 3. The molecule has 0 spiro atoms. The molecule has 0 amide bonds. The molecule has 2 rings (SSSR count). The van der Waals surface area contributed by atoms with Gasteiger partial charge < -0.3 is 5.11 Å². The van der Waals surface area contributed by atoms with Crippen LogP contribution in [0.4, 0.5) is 0 Å². The number of rotatable bonds is 5. The largest absolute Gasteiger partial charge is 0.478 e. The molecule has 1 atom stereocenters. The first-order valence-corrected chi connectivity index (χ1v) is 8.74. The number of nitrogens with one attached hydrogen (secondary N) is 1. The zero-order valence-corrected chi connectivity index (χ0v) is 12.9. The topological polar surface area (TPSA) is 83.5 Å². The molecule has 116 valence electrons. The number of sulfonamides is 1. The minimum Gasteiger partial charge on any atom is -0.478 e. The van der Waals surface area contributed by atoms with Gasteiger partial charge in [-0.15, -0.1) is 0 Å². The summed E-state index contributed by atoms with van der Waals surface area (Å²) < 4.78 is 27.3. The lowest BCUT2D eigenvalue weighted by atomic mass is 9.85. The fraction of sp³-hybridized carbons (Fsp3) is 0.533. The average molecular weight is 311 g/mol. The quantitative estimate of drug-likeness (QED) is 0.875. The molecule has 0 radical (unpaired) electrons. The summed E-state index contributed by atoms with van der Waals surface area (Å²) in [6.07, 6.45) is 5.66. The average Bonchev–Trinajstić information content (AvgIpc) is 2.48. The lowest BCUT2D eigenvalue weighted by Gasteiger charge is -2.28. The van der Waals surface area contributed by atoms with E-state index in [1.54, 1.807) is 0 Å². The van der Waals surface area contributed by atoms with E-state index in [9.17, 15) is 13.2 Å². The third-order valence-corrected chi connectivity index (χ3v) is 5.68. The molecule has 21 heavy (non-hydrogen) atoms. The van der Waals surface area contributed by atoms with Crippen LogP contribution in [-0.4, -0.2) is 25.5 Å². The summed E-state index contributed by atoms with van der Waals surface area (Å²) in [6, 6.07) is 5.18. The number of hydrogen-bond donors (Lipinski definition) is 2. The van der Waals surface area contributed by atoms with Crippen LogP contribution in [0.3, 0.4) is 0 Å². The van der Waals surface area contributed by atoms with Crippen molar-refractivity contribution in [2.75, 3.05) is 0 Å². The van der Waals surface area contributed by atoms with Crippen LogP contribution in [0.2, 0.25) is 0 Å². The Morgan fingerprint density at radius 1 is 1.19 bits per heavy atom. The molecule has 0 saturated heterocycles. The third kappa shape index (κ3) is 4.04. The minimum absolute atomic E-state index is 0.0780. The lowest BCUT2D eigenvalue weighted by molar-refractivity contribution is 0.0696. The first kappa shape index (κ1) is 16.0. The number of benzene rings is 1. The normalized spacial score (nSPS) is 18.3. The zero-order valence-electron chi connectivity index (χ0n) is 12.1. The molecule has 0 bridgehead atoms. The van der Waals surface area contributed by atoms with Gasteiger partial charge in [0.25, 0.3) is 0 Å². The summed E-state index contributed by atoms with van der Waals surface area (Å²) in [5.41, 5.74) is 0.0780. The fourth-order valence-corrected chi connectivity index (χ4v) is 4.13. The van der Waals surface area contributed by atoms with Gasteiger partial charge in [-0.25, -0.2) is 17.9 Å². The molecule has 1 aromatic rings. The van der Waals surface area contributed by atoms with Gasteiger partial charge in [0.1, 0.15) is 0 Å². The van der Waals surface area contributed by atoms with Crippen molar-refractivity contribution >= 4 is 16.0 Å². The predicted molar refractivity (Wildman–Crippen MR) is 79.8 cm³/mol. The maximum atomic E-state index is 12.3. The molecule has 1 saturated carbocycles. The maximum Gasteiger partial charge on any atom is 0.335 e. The Balaban J connectivity index is 2.08. The van der Waals surface area contributed by atoms with Crippen molar-refractivity contribution in [2.24, 2.45) is 5.92 Å². The second-order valence-corrected chi connectivity index (χ2v) is 7.35. The summed E-state index contributed by atoms with van der Waals surface area (Å²) in [6.45, 7) is 1.90. The molecule has 5 nitrogen and oxygen atoms in total. The van der Waals surface area contributed by atoms with Crippen molar-refractivity contribution in [2.45, 2.75) is 50.0 Å². The standard InChI is InChI=1S/C15H21NO4S/c1-11(12-5-3-2-4-6-12)16-21(19,20)14-9-7-13(8-10-14)15(17)18/h7-12,16H,2-6H2,1H3,(H,17,18). The Kier molecular flexibility index (Phi) is 5.00. The van der Waals surface area contributed by atoms with Gasteiger partial charge in [0.05, 0.1) is 10.5 Å². The summed E-state index contributed by atoms with van der Waals surface area (Å²) in [7, 11) is -3.59. The second-order valence-electron chi connectivity index (χ2n) is 5.64. The summed E-state index contributed by atoms with van der Waals surface area (Å²) in [4.78, 5) is 10.9. The fourth-order valence-electron chi connectivity index (χ4n) is 2.82. The highest BCUT2D eigenvalue weighted by Crippen LogP contribution is 2.27. The first-order chi connectivity index (χ1) is 9.90. The van der Waals surface area contributed by atoms with Gasteiger partial charge >= 0.3 is 5.97 Å². The summed E-state index contributed by atoms with van der Waals surface area (Å²) in [5, 5.41) is 8.83. The van der Waals surface area contributed by atoms with Crippen LogP contribution < -0.4 is 4.72 Å². The van der Waals surface area contributed by atoms with Crippen LogP contribution in [0.1, 0.15) is 49.4 Å². The van der Waals surface area contributed by atoms with E-state index in [1.165, 1.54) is 30.7 Å². The smallest absolute Gasteiger partial charge is 0.335 e. The Morgan fingerprint density at radius 3 is 2.29 bits per heavy atom. The number of carboxylic acids is 1. The van der Waals surface area contributed by atoms with Gasteiger partial charge in [0, 0.05) is 6.04 Å². The zero-order chi connectivity index (χ0) is 15.5. The Labute approximate surface area is 125 Å². The molecule has 1 aromatic carbocycles. The van der Waals surface area contributed by atoms with Crippen molar-refractivity contribution in [1.82, 2.24) is 4.72 Å². The van der Waals surface area contributed by atoms with Gasteiger partial charge in [0.2, 0.25) is 10.0 Å². The van der Waals surface area contributed by atoms with Crippen LogP contribution in [0.15, 0.2) is 29.2 Å². The Hall–Kier alpha value is -1.40. The first-order valence-electron chi connectivity index (χ1n) is 7.26. The second kappa shape index (κ2) is 6.58. The maximum absolute atomic E-state index is 12.3. The van der Waals surface area contributed by atoms with E-state index in [1.807, 2.05) is 6.92 Å². The molecule has 0 aromatic heterocycles. The number of aromatic carboxylic acids is 1. The van der Waals surface area contributed by atoms with Crippen LogP contribution >= 0.6 is 0 Å². The number of carbonyl (C=O) groups is 1. The summed E-state index contributed by atoms with van der Waals surface area (Å²) in [5.74, 6) is -0.686. The molecule has 1 aliphatic rings.